The van der Waals surface area contributed by atoms with Gasteiger partial charge in [0.2, 0.25) is 0 Å². The molecule has 0 aliphatic carbocycles. The molecule has 2 N–H and O–H groups in total. The third-order valence-electron chi connectivity index (χ3n) is 1.68. The summed E-state index contributed by atoms with van der Waals surface area (Å²) in [5, 5.41) is 15.7. The van der Waals surface area contributed by atoms with E-state index in [2.05, 4.69) is 10.2 Å². The second-order valence-corrected chi connectivity index (χ2v) is 2.54. The predicted molar refractivity (Wildman–Crippen MR) is 52.9 cm³/mol. The Bertz CT molecular complexity index is 373. The third kappa shape index (κ3) is 2.00. The van der Waals surface area contributed by atoms with Crippen LogP contribution in [-0.2, 0) is 0 Å². The van der Waals surface area contributed by atoms with Crippen LogP contribution >= 0.6 is 12.4 Å². The van der Waals surface area contributed by atoms with E-state index < -0.39 is 0 Å². The summed E-state index contributed by atoms with van der Waals surface area (Å²) in [6.45, 7) is 0. The van der Waals surface area contributed by atoms with Gasteiger partial charge in [-0.3, -0.25) is 5.10 Å². The Morgan fingerprint density at radius 3 is 2.69 bits per heavy atom. The van der Waals surface area contributed by atoms with Crippen molar-refractivity contribution in [3.05, 3.63) is 36.7 Å². The molecule has 0 aliphatic rings. The third-order valence-corrected chi connectivity index (χ3v) is 1.68. The number of phenols is 1. The molecule has 13 heavy (non-hydrogen) atoms. The molecule has 0 saturated heterocycles. The van der Waals surface area contributed by atoms with E-state index in [-0.39, 0.29) is 18.2 Å². The molecular weight excluding hydrogens is 188 g/mol. The zero-order chi connectivity index (χ0) is 8.39. The largest absolute Gasteiger partial charge is 0.508 e. The standard InChI is InChI=1S/C9H8N2O.ClH/c12-9-3-1-2-7(4-9)8-5-10-11-6-8;/h1-6,12H,(H,10,11);1H. The van der Waals surface area contributed by atoms with Crippen LogP contribution in [0.3, 0.4) is 0 Å². The first-order valence-corrected chi connectivity index (χ1v) is 3.64. The molecular formula is C9H9ClN2O. The molecule has 0 aliphatic heterocycles. The lowest BCUT2D eigenvalue weighted by atomic mass is 10.1. The number of H-pyrrole nitrogens is 1. The van der Waals surface area contributed by atoms with Gasteiger partial charge in [0.1, 0.15) is 5.75 Å². The highest BCUT2D eigenvalue weighted by molar-refractivity contribution is 5.85. The van der Waals surface area contributed by atoms with Crippen molar-refractivity contribution in [1.29, 1.82) is 0 Å². The molecule has 0 amide bonds. The number of hydrogen-bond donors (Lipinski definition) is 2. The van der Waals surface area contributed by atoms with Gasteiger partial charge in [-0.25, -0.2) is 0 Å². The number of phenolic OH excluding ortho intramolecular Hbond substituents is 1. The van der Waals surface area contributed by atoms with Crippen LogP contribution in [0.1, 0.15) is 0 Å². The second-order valence-electron chi connectivity index (χ2n) is 2.54. The lowest BCUT2D eigenvalue weighted by Crippen LogP contribution is -1.72. The lowest BCUT2D eigenvalue weighted by molar-refractivity contribution is 0.475. The van der Waals surface area contributed by atoms with Gasteiger partial charge in [-0.2, -0.15) is 5.10 Å². The van der Waals surface area contributed by atoms with Gasteiger partial charge in [0.25, 0.3) is 0 Å². The summed E-state index contributed by atoms with van der Waals surface area (Å²) in [5.41, 5.74) is 1.94. The van der Waals surface area contributed by atoms with Gasteiger partial charge in [-0.05, 0) is 17.7 Å². The van der Waals surface area contributed by atoms with Crippen molar-refractivity contribution in [2.45, 2.75) is 0 Å². The van der Waals surface area contributed by atoms with E-state index in [0.29, 0.717) is 0 Å². The quantitative estimate of drug-likeness (QED) is 0.735. The van der Waals surface area contributed by atoms with E-state index >= 15 is 0 Å². The van der Waals surface area contributed by atoms with Crippen LogP contribution in [0.25, 0.3) is 11.1 Å². The topological polar surface area (TPSA) is 48.9 Å². The number of hydrogen-bond acceptors (Lipinski definition) is 2. The fourth-order valence-corrected chi connectivity index (χ4v) is 1.09. The van der Waals surface area contributed by atoms with E-state index in [1.807, 2.05) is 6.07 Å². The van der Waals surface area contributed by atoms with Crippen LogP contribution < -0.4 is 0 Å². The summed E-state index contributed by atoms with van der Waals surface area (Å²) in [4.78, 5) is 0. The van der Waals surface area contributed by atoms with Crippen LogP contribution in [0.2, 0.25) is 0 Å². The van der Waals surface area contributed by atoms with Crippen molar-refractivity contribution in [1.82, 2.24) is 10.2 Å². The Morgan fingerprint density at radius 2 is 2.08 bits per heavy atom. The summed E-state index contributed by atoms with van der Waals surface area (Å²) in [7, 11) is 0. The van der Waals surface area contributed by atoms with Gasteiger partial charge in [0.15, 0.2) is 0 Å². The van der Waals surface area contributed by atoms with Crippen molar-refractivity contribution >= 4 is 12.4 Å². The number of aromatic nitrogens is 2. The predicted octanol–water partition coefficient (Wildman–Crippen LogP) is 2.20. The Labute approximate surface area is 81.8 Å². The minimum absolute atomic E-state index is 0. The van der Waals surface area contributed by atoms with Gasteiger partial charge in [-0.1, -0.05) is 12.1 Å². The first kappa shape index (κ1) is 9.61. The van der Waals surface area contributed by atoms with Crippen LogP contribution in [0, 0.1) is 0 Å². The summed E-state index contributed by atoms with van der Waals surface area (Å²) < 4.78 is 0. The number of benzene rings is 1. The molecule has 3 nitrogen and oxygen atoms in total. The molecule has 2 rings (SSSR count). The Kier molecular flexibility index (Phi) is 2.93. The number of nitrogens with one attached hydrogen (secondary N) is 1. The Morgan fingerprint density at radius 1 is 1.23 bits per heavy atom. The normalized spacial score (nSPS) is 9.23. The minimum atomic E-state index is 0. The molecule has 2 aromatic rings. The molecule has 68 valence electrons. The molecule has 0 atom stereocenters. The highest BCUT2D eigenvalue weighted by atomic mass is 35.5. The van der Waals surface area contributed by atoms with Gasteiger partial charge < -0.3 is 5.11 Å². The van der Waals surface area contributed by atoms with Gasteiger partial charge in [0.05, 0.1) is 6.20 Å². The number of nitrogens with zero attached hydrogens (tertiary/aromatic N) is 1. The molecule has 4 heteroatoms. The zero-order valence-electron chi connectivity index (χ0n) is 6.77. The number of aromatic hydroxyl groups is 1. The van der Waals surface area contributed by atoms with Crippen molar-refractivity contribution in [3.63, 3.8) is 0 Å². The smallest absolute Gasteiger partial charge is 0.116 e. The Hall–Kier alpha value is -1.48. The number of halogens is 1. The maximum absolute atomic E-state index is 9.18. The molecule has 0 radical (unpaired) electrons. The molecule has 0 spiro atoms. The number of rotatable bonds is 1. The molecule has 0 bridgehead atoms. The molecule has 0 fully saturated rings. The van der Waals surface area contributed by atoms with Crippen LogP contribution in [-0.4, -0.2) is 15.3 Å². The average molecular weight is 197 g/mol. The van der Waals surface area contributed by atoms with Crippen molar-refractivity contribution < 1.29 is 5.11 Å². The van der Waals surface area contributed by atoms with E-state index in [1.165, 1.54) is 0 Å². The fourth-order valence-electron chi connectivity index (χ4n) is 1.09. The van der Waals surface area contributed by atoms with E-state index in [4.69, 9.17) is 0 Å². The Balaban J connectivity index is 0.000000845. The van der Waals surface area contributed by atoms with Crippen LogP contribution in [0.5, 0.6) is 5.75 Å². The fraction of sp³-hybridized carbons (Fsp3) is 0. The maximum Gasteiger partial charge on any atom is 0.116 e. The van der Waals surface area contributed by atoms with Crippen molar-refractivity contribution in [3.8, 4) is 16.9 Å². The van der Waals surface area contributed by atoms with E-state index in [1.54, 1.807) is 30.6 Å². The van der Waals surface area contributed by atoms with E-state index in [0.717, 1.165) is 11.1 Å². The molecule has 1 heterocycles. The summed E-state index contributed by atoms with van der Waals surface area (Å²) in [5.74, 6) is 0.272. The van der Waals surface area contributed by atoms with Crippen LogP contribution in [0.15, 0.2) is 36.7 Å². The van der Waals surface area contributed by atoms with Gasteiger partial charge in [-0.15, -0.1) is 12.4 Å². The lowest BCUT2D eigenvalue weighted by Gasteiger charge is -1.96. The highest BCUT2D eigenvalue weighted by Crippen LogP contribution is 2.21. The maximum atomic E-state index is 9.18. The second kappa shape index (κ2) is 3.96. The molecule has 0 unspecified atom stereocenters. The summed E-state index contributed by atoms with van der Waals surface area (Å²) in [6, 6.07) is 7.07. The first-order valence-electron chi connectivity index (χ1n) is 3.64. The minimum Gasteiger partial charge on any atom is -0.508 e. The van der Waals surface area contributed by atoms with Crippen molar-refractivity contribution in [2.24, 2.45) is 0 Å². The van der Waals surface area contributed by atoms with Crippen LogP contribution in [0.4, 0.5) is 0 Å². The monoisotopic (exact) mass is 196 g/mol. The SMILES string of the molecule is Cl.Oc1cccc(-c2cn[nH]c2)c1. The molecule has 0 saturated carbocycles. The highest BCUT2D eigenvalue weighted by Gasteiger charge is 1.97. The van der Waals surface area contributed by atoms with Gasteiger partial charge in [0, 0.05) is 11.8 Å². The zero-order valence-corrected chi connectivity index (χ0v) is 7.58. The van der Waals surface area contributed by atoms with Gasteiger partial charge >= 0.3 is 0 Å². The number of aromatic amines is 1. The summed E-state index contributed by atoms with van der Waals surface area (Å²) >= 11 is 0. The average Bonchev–Trinajstić information content (AvgIpc) is 2.56. The molecule has 1 aromatic heterocycles. The van der Waals surface area contributed by atoms with Crippen molar-refractivity contribution in [2.75, 3.05) is 0 Å². The van der Waals surface area contributed by atoms with E-state index in [9.17, 15) is 5.11 Å². The summed E-state index contributed by atoms with van der Waals surface area (Å²) in [6.07, 6.45) is 3.50. The first-order chi connectivity index (χ1) is 5.86. The molecule has 1 aromatic carbocycles.